The minimum atomic E-state index is 0.0847. The average molecular weight is 1600 g/mol. The van der Waals surface area contributed by atoms with Crippen LogP contribution < -0.4 is 0 Å². The van der Waals surface area contributed by atoms with Crippen LogP contribution in [0.4, 0.5) is 0 Å². The summed E-state index contributed by atoms with van der Waals surface area (Å²) in [6, 6.07) is 15.1. The van der Waals surface area contributed by atoms with Crippen molar-refractivity contribution in [3.63, 3.8) is 0 Å². The van der Waals surface area contributed by atoms with E-state index in [-0.39, 0.29) is 38.4 Å². The first-order valence-electron chi connectivity index (χ1n) is 42.6. The first kappa shape index (κ1) is 94.4. The van der Waals surface area contributed by atoms with Crippen molar-refractivity contribution < 1.29 is 22.5 Å². The predicted octanol–water partition coefficient (Wildman–Crippen LogP) is 25.9. The number of terminal acetylenes is 1. The normalized spacial score (nSPS) is 16.9. The van der Waals surface area contributed by atoms with Gasteiger partial charge in [-0.2, -0.15) is 15.0 Å². The van der Waals surface area contributed by atoms with E-state index in [0.29, 0.717) is 62.8 Å². The van der Waals surface area contributed by atoms with Crippen molar-refractivity contribution in [3.8, 4) is 47.0 Å². The van der Waals surface area contributed by atoms with E-state index in [1.165, 1.54) is 106 Å². The number of rotatable bonds is 12. The quantitative estimate of drug-likeness (QED) is 0.103. The maximum atomic E-state index is 5.56. The molecule has 15 rings (SSSR count). The molecule has 9 aromatic rings. The van der Waals surface area contributed by atoms with E-state index in [4.69, 9.17) is 28.9 Å². The van der Waals surface area contributed by atoms with Gasteiger partial charge in [-0.05, 0) is 174 Å². The maximum absolute atomic E-state index is 5.56. The largest absolute Gasteiger partial charge is 0.425 e. The lowest BCUT2D eigenvalue weighted by atomic mass is 9.72. The molecule has 6 aliphatic rings. The molecule has 6 saturated carbocycles. The number of pyridine rings is 2. The van der Waals surface area contributed by atoms with Crippen LogP contribution in [0.5, 0.6) is 0 Å². The Bertz CT molecular complexity index is 4150. The van der Waals surface area contributed by atoms with E-state index in [0.717, 1.165) is 95.6 Å². The summed E-state index contributed by atoms with van der Waals surface area (Å²) in [6.07, 6.45) is 36.1. The van der Waals surface area contributed by atoms with E-state index in [1.807, 2.05) is 53.8 Å². The second kappa shape index (κ2) is 40.1. The van der Waals surface area contributed by atoms with Crippen LogP contribution in [0, 0.1) is 78.3 Å². The topological polar surface area (TPSA) is 259 Å². The van der Waals surface area contributed by atoms with Gasteiger partial charge in [-0.15, -0.1) is 38.2 Å². The number of hydrogen-bond donors (Lipinski definition) is 0. The van der Waals surface area contributed by atoms with Gasteiger partial charge in [0, 0.05) is 85.1 Å². The van der Waals surface area contributed by atoms with E-state index in [1.54, 1.807) is 30.9 Å². The summed E-state index contributed by atoms with van der Waals surface area (Å²) >= 11 is 1.81. The van der Waals surface area contributed by atoms with Gasteiger partial charge in [0.05, 0.1) is 5.69 Å². The molecular formula is C94H145N15O5S. The second-order valence-electron chi connectivity index (χ2n) is 43.0. The Balaban J connectivity index is 0.000000181. The Labute approximate surface area is 695 Å². The summed E-state index contributed by atoms with van der Waals surface area (Å²) in [7, 11) is 0. The smallest absolute Gasteiger partial charge is 0.276 e. The summed E-state index contributed by atoms with van der Waals surface area (Å²) in [6.45, 7) is 64.2. The Hall–Kier alpha value is -7.73. The van der Waals surface area contributed by atoms with Crippen LogP contribution in [0.15, 0.2) is 95.8 Å². The Morgan fingerprint density at radius 2 is 0.974 bits per heavy atom. The van der Waals surface area contributed by atoms with Crippen LogP contribution in [-0.2, 0) is 25.7 Å². The third-order valence-electron chi connectivity index (χ3n) is 21.4. The molecule has 0 amide bonds. The predicted molar refractivity (Wildman–Crippen MR) is 464 cm³/mol. The fourth-order valence-electron chi connectivity index (χ4n) is 12.3. The fraction of sp³-hybridized carbons (Fsp3) is 0.691. The standard InChI is InChI=1S/C13H16N2O.C12H16N4O.C12H15N3O.C11H18N2O.C10H16N2O.C10H16N2S.C10H20.C9H14.C7H14/c1-13(2,3)9-10-8-12(16-15-10)11-6-4-5-7-14-11;1-8(12(2,3)4)11-15-10(16-17-11)9-13-6-5-7-14-9;1-12(2,3)8-10-14-11(16-15-10)9-6-4-5-7-13-9;1-7(11(2,3)4)10-12-9(13-14-10)8-5-6-8;2*1-10(2,3)6-8-11-12-9(13-8)7-4-5-7;1-10(2,3)9-7-5-4-6-8-9;1-5-9(6-7-9)8(2,3)4;1-7(2,3)6-4-5-6/h4-8H,9H2,1-3H3;5-8H,1-4H3;4-7H,8H2,1-3H3;7-8H,5-6H2,1-4H3;2*7H,4-6H2,1-3H3;9H,4-8H2,1-3H3;1H,6-7H2,2-4H3;6H,4-5H2,1-3H3. The molecule has 6 aliphatic carbocycles. The van der Waals surface area contributed by atoms with Gasteiger partial charge >= 0.3 is 0 Å². The summed E-state index contributed by atoms with van der Waals surface area (Å²) in [5, 5.41) is 35.0. The minimum Gasteiger partial charge on any atom is -0.425 e. The molecule has 2 atom stereocenters. The zero-order valence-corrected chi connectivity index (χ0v) is 77.0. The monoisotopic (exact) mass is 1600 g/mol. The van der Waals surface area contributed by atoms with Gasteiger partial charge in [-0.3, -0.25) is 9.97 Å². The molecule has 0 aromatic carbocycles. The Morgan fingerprint density at radius 3 is 1.42 bits per heavy atom. The molecule has 21 heteroatoms. The van der Waals surface area contributed by atoms with Crippen LogP contribution in [0.3, 0.4) is 0 Å². The van der Waals surface area contributed by atoms with Crippen molar-refractivity contribution in [2.75, 3.05) is 0 Å². The van der Waals surface area contributed by atoms with Gasteiger partial charge in [0.1, 0.15) is 21.4 Å². The lowest BCUT2D eigenvalue weighted by molar-refractivity contribution is 0.180. The van der Waals surface area contributed by atoms with Gasteiger partial charge in [0.15, 0.2) is 17.4 Å². The first-order chi connectivity index (χ1) is 53.4. The van der Waals surface area contributed by atoms with Crippen molar-refractivity contribution in [2.45, 2.75) is 352 Å². The fourth-order valence-corrected chi connectivity index (χ4v) is 13.6. The highest BCUT2D eigenvalue weighted by Gasteiger charge is 2.50. The van der Waals surface area contributed by atoms with Gasteiger partial charge < -0.3 is 22.5 Å². The lowest BCUT2D eigenvalue weighted by Gasteiger charge is -2.33. The molecule has 0 N–H and O–H groups in total. The van der Waals surface area contributed by atoms with Crippen molar-refractivity contribution in [1.29, 1.82) is 0 Å². The van der Waals surface area contributed by atoms with Crippen molar-refractivity contribution in [1.82, 2.24) is 75.9 Å². The first-order valence-corrected chi connectivity index (χ1v) is 43.4. The zero-order chi connectivity index (χ0) is 85.2. The van der Waals surface area contributed by atoms with Crippen molar-refractivity contribution >= 4 is 11.3 Å². The van der Waals surface area contributed by atoms with E-state index < -0.39 is 0 Å². The highest BCUT2D eigenvalue weighted by Crippen LogP contribution is 2.58. The molecule has 2 unspecified atom stereocenters. The van der Waals surface area contributed by atoms with E-state index in [2.05, 4.69) is 283 Å². The number of nitrogens with zero attached hydrogens (tertiary/aromatic N) is 15. The van der Waals surface area contributed by atoms with E-state index >= 15 is 0 Å². The zero-order valence-electron chi connectivity index (χ0n) is 76.1. The van der Waals surface area contributed by atoms with Crippen LogP contribution in [-0.4, -0.2) is 75.9 Å². The minimum absolute atomic E-state index is 0.0847. The average Bonchev–Trinajstić information content (AvgIpc) is 1.61. The third kappa shape index (κ3) is 34.4. The highest BCUT2D eigenvalue weighted by atomic mass is 32.1. The number of aromatic nitrogens is 15. The maximum Gasteiger partial charge on any atom is 0.276 e. The molecule has 0 radical (unpaired) electrons. The van der Waals surface area contributed by atoms with Crippen molar-refractivity contribution in [3.05, 3.63) is 124 Å². The molecule has 0 aliphatic heterocycles. The molecule has 9 heterocycles. The lowest BCUT2D eigenvalue weighted by Crippen LogP contribution is -2.22. The van der Waals surface area contributed by atoms with Gasteiger partial charge in [0.2, 0.25) is 35.2 Å². The van der Waals surface area contributed by atoms with Gasteiger partial charge in [0.25, 0.3) is 5.89 Å². The summed E-state index contributed by atoms with van der Waals surface area (Å²) < 4.78 is 26.6. The van der Waals surface area contributed by atoms with Gasteiger partial charge in [-0.1, -0.05) is 259 Å². The molecule has 0 bridgehead atoms. The Morgan fingerprint density at radius 1 is 0.461 bits per heavy atom. The van der Waals surface area contributed by atoms with Crippen LogP contribution in [0.1, 0.15) is 378 Å². The third-order valence-corrected chi connectivity index (χ3v) is 22.5. The van der Waals surface area contributed by atoms with Gasteiger partial charge in [-0.25, -0.2) is 9.97 Å². The summed E-state index contributed by atoms with van der Waals surface area (Å²) in [4.78, 5) is 29.7. The molecule has 115 heavy (non-hydrogen) atoms. The molecule has 6 fully saturated rings. The number of hydrogen-bond acceptors (Lipinski definition) is 21. The second-order valence-corrected chi connectivity index (χ2v) is 44.1. The van der Waals surface area contributed by atoms with Crippen molar-refractivity contribution in [2.24, 2.45) is 66.0 Å². The Kier molecular flexibility index (Phi) is 33.0. The van der Waals surface area contributed by atoms with E-state index in [9.17, 15) is 0 Å². The highest BCUT2D eigenvalue weighted by molar-refractivity contribution is 7.11. The summed E-state index contributed by atoms with van der Waals surface area (Å²) in [5.74, 6) is 14.2. The SMILES string of the molecule is C#CC1(C(C)(C)C)CC1.CC(C)(C)C1CC1.CC(C)(C)C1CCCCC1.CC(C)(C)Cc1cc(-c2ccccn2)on1.CC(C)(C)Cc1nnc(C2CC2)o1.CC(C)(C)Cc1nnc(C2CC2)s1.CC(C)(C)Cc1noc(-c2ccccn2)n1.CC(c1nc(-c2ncccn2)no1)C(C)(C)C.CC(c1nc(C2CC2)no1)C(C)(C)C. The van der Waals surface area contributed by atoms with Crippen LogP contribution >= 0.6 is 11.3 Å². The molecule has 0 saturated heterocycles. The molecular weight excluding hydrogens is 1450 g/mol. The van der Waals surface area contributed by atoms with Crippen LogP contribution in [0.25, 0.3) is 34.7 Å². The molecule has 20 nitrogen and oxygen atoms in total. The molecule has 632 valence electrons. The van der Waals surface area contributed by atoms with Crippen LogP contribution in [0.2, 0.25) is 0 Å². The summed E-state index contributed by atoms with van der Waals surface area (Å²) in [5.41, 5.74) is 5.50. The molecule has 0 spiro atoms. The molecule has 9 aromatic heterocycles.